The molecule has 1 aromatic carbocycles. The molecule has 0 amide bonds. The van der Waals surface area contributed by atoms with Gasteiger partial charge in [0.25, 0.3) is 0 Å². The van der Waals surface area contributed by atoms with Gasteiger partial charge in [-0.25, -0.2) is 4.98 Å². The van der Waals surface area contributed by atoms with E-state index >= 15 is 0 Å². The highest BCUT2D eigenvalue weighted by Crippen LogP contribution is 2.06. The number of carbonyl (C=O) groups excluding carboxylic acids is 1. The fourth-order valence-electron chi connectivity index (χ4n) is 1.69. The first kappa shape index (κ1) is 13.0. The average Bonchev–Trinajstić information content (AvgIpc) is 2.81. The first-order valence-corrected chi connectivity index (χ1v) is 5.94. The van der Waals surface area contributed by atoms with E-state index in [1.165, 1.54) is 6.21 Å². The number of nitrogens with one attached hydrogen (secondary N) is 1. The fraction of sp³-hybridized carbons (Fsp3) is 0.214. The highest BCUT2D eigenvalue weighted by atomic mass is 16.4. The fourth-order valence-corrected chi connectivity index (χ4v) is 1.69. The van der Waals surface area contributed by atoms with Gasteiger partial charge in [-0.1, -0.05) is 30.3 Å². The van der Waals surface area contributed by atoms with Crippen molar-refractivity contribution < 1.29 is 9.90 Å². The first-order chi connectivity index (χ1) is 9.16. The van der Waals surface area contributed by atoms with Gasteiger partial charge in [-0.15, -0.1) is 0 Å². The zero-order valence-corrected chi connectivity index (χ0v) is 10.5. The van der Waals surface area contributed by atoms with Crippen molar-refractivity contribution in [1.82, 2.24) is 9.97 Å². The van der Waals surface area contributed by atoms with E-state index in [2.05, 4.69) is 15.0 Å². The summed E-state index contributed by atoms with van der Waals surface area (Å²) >= 11 is 0. The number of aliphatic imine (C=N–C) groups is 1. The molecule has 0 aliphatic carbocycles. The van der Waals surface area contributed by atoms with Gasteiger partial charge in [0.1, 0.15) is 5.69 Å². The van der Waals surface area contributed by atoms with E-state index in [-0.39, 0.29) is 0 Å². The average molecular weight is 256 g/mol. The molecular weight excluding hydrogens is 242 g/mol. The van der Waals surface area contributed by atoms with E-state index in [1.807, 2.05) is 37.3 Å². The van der Waals surface area contributed by atoms with Crippen LogP contribution in [0.2, 0.25) is 0 Å². The van der Waals surface area contributed by atoms with Crippen LogP contribution < -0.4 is 5.11 Å². The van der Waals surface area contributed by atoms with Crippen LogP contribution in [0.4, 0.5) is 0 Å². The Morgan fingerprint density at radius 2 is 2.21 bits per heavy atom. The number of carbonyl (C=O) groups is 1. The van der Waals surface area contributed by atoms with E-state index in [1.54, 1.807) is 6.33 Å². The maximum absolute atomic E-state index is 11.1. The molecule has 2 aromatic rings. The Balaban J connectivity index is 2.11. The zero-order chi connectivity index (χ0) is 13.7. The molecule has 1 N–H and O–H groups in total. The van der Waals surface area contributed by atoms with Gasteiger partial charge in [0.2, 0.25) is 0 Å². The summed E-state index contributed by atoms with van der Waals surface area (Å²) in [5.41, 5.74) is 2.40. The molecule has 0 saturated carbocycles. The second kappa shape index (κ2) is 5.95. The number of carboxylic acid groups (broad SMARTS) is 1. The van der Waals surface area contributed by atoms with Crippen molar-refractivity contribution in [2.24, 2.45) is 4.99 Å². The van der Waals surface area contributed by atoms with Gasteiger partial charge in [0.05, 0.1) is 18.3 Å². The molecule has 1 atom stereocenters. The number of nitrogens with zero attached hydrogens (tertiary/aromatic N) is 2. The summed E-state index contributed by atoms with van der Waals surface area (Å²) in [4.78, 5) is 22.1. The number of aromatic amines is 1. The lowest BCUT2D eigenvalue weighted by Gasteiger charge is -2.13. The number of benzene rings is 1. The third-order valence-electron chi connectivity index (χ3n) is 2.79. The van der Waals surface area contributed by atoms with Gasteiger partial charge in [0.15, 0.2) is 0 Å². The predicted octanol–water partition coefficient (Wildman–Crippen LogP) is 0.498. The summed E-state index contributed by atoms with van der Waals surface area (Å²) in [6.45, 7) is 1.85. The van der Waals surface area contributed by atoms with Crippen LogP contribution in [0, 0.1) is 6.92 Å². The second-order valence-electron chi connectivity index (χ2n) is 4.22. The van der Waals surface area contributed by atoms with Gasteiger partial charge >= 0.3 is 0 Å². The second-order valence-corrected chi connectivity index (χ2v) is 4.22. The minimum Gasteiger partial charge on any atom is -0.548 e. The molecule has 19 heavy (non-hydrogen) atoms. The van der Waals surface area contributed by atoms with Crippen LogP contribution in [0.1, 0.15) is 17.0 Å². The topological polar surface area (TPSA) is 81.2 Å². The predicted molar refractivity (Wildman–Crippen MR) is 69.9 cm³/mol. The quantitative estimate of drug-likeness (QED) is 0.791. The number of imidazole rings is 1. The molecule has 0 spiro atoms. The van der Waals surface area contributed by atoms with E-state index in [4.69, 9.17) is 0 Å². The normalized spacial score (nSPS) is 12.7. The number of hydrogen-bond donors (Lipinski definition) is 1. The largest absolute Gasteiger partial charge is 0.548 e. The van der Waals surface area contributed by atoms with E-state index in [9.17, 15) is 9.90 Å². The van der Waals surface area contributed by atoms with Crippen LogP contribution in [-0.2, 0) is 11.2 Å². The SMILES string of the molecule is Cc1[nH]cnc1C=N[C@@H](Cc1ccccc1)C(=O)[O-]. The standard InChI is InChI=1S/C14H15N3O2/c1-10-13(17-9-16-10)8-15-12(14(18)19)7-11-5-3-2-4-6-11/h2-6,8-9,12H,7H2,1H3,(H,16,17)(H,18,19)/p-1/t12-/m0/s1. The maximum atomic E-state index is 11.1. The number of aryl methyl sites for hydroxylation is 1. The molecule has 98 valence electrons. The molecule has 0 radical (unpaired) electrons. The smallest absolute Gasteiger partial charge is 0.102 e. The molecule has 0 bridgehead atoms. The van der Waals surface area contributed by atoms with Crippen molar-refractivity contribution in [3.05, 3.63) is 53.6 Å². The van der Waals surface area contributed by atoms with Gasteiger partial charge in [-0.2, -0.15) is 0 Å². The van der Waals surface area contributed by atoms with Gasteiger partial charge in [-0.05, 0) is 12.5 Å². The van der Waals surface area contributed by atoms with Crippen LogP contribution >= 0.6 is 0 Å². The summed E-state index contributed by atoms with van der Waals surface area (Å²) in [6.07, 6.45) is 3.32. The molecule has 5 heteroatoms. The first-order valence-electron chi connectivity index (χ1n) is 5.94. The molecule has 5 nitrogen and oxygen atoms in total. The third-order valence-corrected chi connectivity index (χ3v) is 2.79. The highest BCUT2D eigenvalue weighted by Gasteiger charge is 2.09. The summed E-state index contributed by atoms with van der Waals surface area (Å²) in [5, 5.41) is 11.1. The lowest BCUT2D eigenvalue weighted by atomic mass is 10.1. The monoisotopic (exact) mass is 256 g/mol. The number of hydrogen-bond acceptors (Lipinski definition) is 4. The number of aromatic nitrogens is 2. The van der Waals surface area contributed by atoms with Crippen molar-refractivity contribution in [3.8, 4) is 0 Å². The Bertz CT molecular complexity index is 575. The van der Waals surface area contributed by atoms with Gasteiger partial charge in [0, 0.05) is 18.3 Å². The minimum atomic E-state index is -1.19. The van der Waals surface area contributed by atoms with Crippen LogP contribution in [0.3, 0.4) is 0 Å². The number of aliphatic carboxylic acids is 1. The lowest BCUT2D eigenvalue weighted by Crippen LogP contribution is -2.36. The molecule has 0 aliphatic heterocycles. The number of carboxylic acids is 1. The zero-order valence-electron chi connectivity index (χ0n) is 10.5. The van der Waals surface area contributed by atoms with Crippen molar-refractivity contribution >= 4 is 12.2 Å². The molecule has 2 rings (SSSR count). The summed E-state index contributed by atoms with van der Waals surface area (Å²) in [6, 6.07) is 8.44. The van der Waals surface area contributed by atoms with Crippen molar-refractivity contribution in [3.63, 3.8) is 0 Å². The van der Waals surface area contributed by atoms with Crippen molar-refractivity contribution in [2.45, 2.75) is 19.4 Å². The summed E-state index contributed by atoms with van der Waals surface area (Å²) in [5.74, 6) is -1.19. The summed E-state index contributed by atoms with van der Waals surface area (Å²) in [7, 11) is 0. The Hall–Kier alpha value is -2.43. The molecule has 0 unspecified atom stereocenters. The van der Waals surface area contributed by atoms with E-state index in [0.29, 0.717) is 12.1 Å². The minimum absolute atomic E-state index is 0.309. The highest BCUT2D eigenvalue weighted by molar-refractivity contribution is 5.82. The Morgan fingerprint density at radius 3 is 2.79 bits per heavy atom. The molecular formula is C14H14N3O2-. The Morgan fingerprint density at radius 1 is 1.47 bits per heavy atom. The molecule has 1 aromatic heterocycles. The van der Waals surface area contributed by atoms with E-state index in [0.717, 1.165) is 11.3 Å². The van der Waals surface area contributed by atoms with Crippen LogP contribution in [0.5, 0.6) is 0 Å². The van der Waals surface area contributed by atoms with Crippen LogP contribution in [0.25, 0.3) is 0 Å². The summed E-state index contributed by atoms with van der Waals surface area (Å²) < 4.78 is 0. The number of H-pyrrole nitrogens is 1. The van der Waals surface area contributed by atoms with Crippen molar-refractivity contribution in [2.75, 3.05) is 0 Å². The van der Waals surface area contributed by atoms with Gasteiger partial charge < -0.3 is 14.9 Å². The van der Waals surface area contributed by atoms with Crippen molar-refractivity contribution in [1.29, 1.82) is 0 Å². The number of rotatable bonds is 5. The molecule has 0 aliphatic rings. The molecule has 0 saturated heterocycles. The molecule has 0 fully saturated rings. The Labute approximate surface area is 111 Å². The lowest BCUT2D eigenvalue weighted by molar-refractivity contribution is -0.307. The maximum Gasteiger partial charge on any atom is 0.102 e. The third kappa shape index (κ3) is 3.51. The Kier molecular flexibility index (Phi) is 4.07. The van der Waals surface area contributed by atoms with Crippen LogP contribution in [-0.4, -0.2) is 28.2 Å². The molecule has 1 heterocycles. The van der Waals surface area contributed by atoms with Gasteiger partial charge in [-0.3, -0.25) is 4.99 Å². The van der Waals surface area contributed by atoms with E-state index < -0.39 is 12.0 Å². The van der Waals surface area contributed by atoms with Crippen LogP contribution in [0.15, 0.2) is 41.7 Å².